The van der Waals surface area contributed by atoms with Crippen molar-refractivity contribution in [2.45, 2.75) is 40.7 Å². The molecule has 0 bridgehead atoms. The lowest BCUT2D eigenvalue weighted by Crippen LogP contribution is -2.54. The van der Waals surface area contributed by atoms with E-state index in [4.69, 9.17) is 22.3 Å². The van der Waals surface area contributed by atoms with Gasteiger partial charge in [-0.1, -0.05) is 45.4 Å². The van der Waals surface area contributed by atoms with E-state index in [0.29, 0.717) is 54.5 Å². The molecule has 0 radical (unpaired) electrons. The van der Waals surface area contributed by atoms with E-state index < -0.39 is 5.82 Å². The Morgan fingerprint density at radius 2 is 1.88 bits per heavy atom. The fraction of sp³-hybridized carbons (Fsp3) is 0.433. The number of pyridine rings is 1. The fourth-order valence-corrected chi connectivity index (χ4v) is 5.33. The van der Waals surface area contributed by atoms with Crippen molar-refractivity contribution in [1.29, 1.82) is 0 Å². The number of amidine groups is 1. The molecule has 2 aromatic rings. The van der Waals surface area contributed by atoms with Crippen molar-refractivity contribution in [3.05, 3.63) is 52.1 Å². The normalized spacial score (nSPS) is 17.1. The number of nitrogens with zero attached hydrogens (tertiary/aromatic N) is 6. The Balaban J connectivity index is 2.43. The minimum atomic E-state index is -0.737. The standard InChI is InChI=1S/C30H39ClFN7O3/c1-17(2)25(33)28(26(34-6)18(3)4)39(16-41)30-20(29(35-7)38-12-11-37(15-40)14-19(38)5)13-21(31)27(36-30)24-22(32)9-8-10-23(24)42/h8-10,13,15-19,42H,11-12,14,33H2,1-7H3. The second-order valence-corrected chi connectivity index (χ2v) is 11.1. The number of piperazine rings is 1. The molecule has 42 heavy (non-hydrogen) atoms. The van der Waals surface area contributed by atoms with Gasteiger partial charge in [-0.3, -0.25) is 24.5 Å². The largest absolute Gasteiger partial charge is 0.507 e. The molecule has 12 heteroatoms. The van der Waals surface area contributed by atoms with E-state index in [-0.39, 0.29) is 45.7 Å². The molecular formula is C30H39ClFN7O3. The molecule has 0 aliphatic carbocycles. The Morgan fingerprint density at radius 1 is 1.19 bits per heavy atom. The summed E-state index contributed by atoms with van der Waals surface area (Å²) in [5.41, 5.74) is 8.07. The van der Waals surface area contributed by atoms with Crippen molar-refractivity contribution in [3.63, 3.8) is 0 Å². The van der Waals surface area contributed by atoms with Crippen LogP contribution in [-0.2, 0) is 9.59 Å². The maximum atomic E-state index is 15.1. The van der Waals surface area contributed by atoms with E-state index in [1.165, 1.54) is 23.1 Å². The highest BCUT2D eigenvalue weighted by molar-refractivity contribution is 6.34. The Kier molecular flexibility index (Phi) is 10.7. The predicted molar refractivity (Wildman–Crippen MR) is 165 cm³/mol. The lowest BCUT2D eigenvalue weighted by molar-refractivity contribution is -0.120. The number of amides is 2. The average molecular weight is 600 g/mol. The predicted octanol–water partition coefficient (Wildman–Crippen LogP) is 4.30. The topological polar surface area (TPSA) is 128 Å². The van der Waals surface area contributed by atoms with Gasteiger partial charge in [-0.15, -0.1) is 0 Å². The molecule has 2 heterocycles. The molecule has 1 unspecified atom stereocenters. The first-order valence-electron chi connectivity index (χ1n) is 13.7. The number of nitrogens with two attached hydrogens (primary N) is 1. The quantitative estimate of drug-likeness (QED) is 0.251. The molecule has 1 atom stereocenters. The number of phenols is 1. The Labute approximate surface area is 251 Å². The highest BCUT2D eigenvalue weighted by Crippen LogP contribution is 2.39. The first kappa shape index (κ1) is 32.5. The maximum Gasteiger partial charge on any atom is 0.220 e. The van der Waals surface area contributed by atoms with Crippen LogP contribution in [0.5, 0.6) is 5.75 Å². The molecular weight excluding hydrogens is 561 g/mol. The third-order valence-electron chi connectivity index (χ3n) is 7.22. The van der Waals surface area contributed by atoms with Crippen molar-refractivity contribution in [1.82, 2.24) is 14.8 Å². The van der Waals surface area contributed by atoms with E-state index in [1.54, 1.807) is 25.1 Å². The second kappa shape index (κ2) is 13.8. The highest BCUT2D eigenvalue weighted by atomic mass is 35.5. The average Bonchev–Trinajstić information content (AvgIpc) is 2.94. The molecule has 2 amide bonds. The molecule has 0 saturated carbocycles. The molecule has 1 fully saturated rings. The summed E-state index contributed by atoms with van der Waals surface area (Å²) in [6.45, 7) is 11.0. The number of benzene rings is 1. The minimum absolute atomic E-state index is 0.0379. The number of hydrogen-bond acceptors (Lipinski definition) is 7. The highest BCUT2D eigenvalue weighted by Gasteiger charge is 2.33. The summed E-state index contributed by atoms with van der Waals surface area (Å²) in [5, 5.41) is 10.6. The molecule has 10 nitrogen and oxygen atoms in total. The zero-order valence-electron chi connectivity index (χ0n) is 25.1. The minimum Gasteiger partial charge on any atom is -0.507 e. The summed E-state index contributed by atoms with van der Waals surface area (Å²) in [6.07, 6.45) is 1.40. The Hall–Kier alpha value is -3.99. The third-order valence-corrected chi connectivity index (χ3v) is 7.51. The van der Waals surface area contributed by atoms with E-state index in [1.807, 2.05) is 39.5 Å². The smallest absolute Gasteiger partial charge is 0.220 e. The van der Waals surface area contributed by atoms with E-state index in [9.17, 15) is 14.7 Å². The number of aliphatic imine (C=N–C) groups is 2. The van der Waals surface area contributed by atoms with Gasteiger partial charge in [0.1, 0.15) is 17.4 Å². The van der Waals surface area contributed by atoms with Crippen LogP contribution in [0.15, 0.2) is 45.6 Å². The third kappa shape index (κ3) is 6.41. The number of carbonyl (C=O) groups excluding carboxylic acids is 2. The van der Waals surface area contributed by atoms with Gasteiger partial charge < -0.3 is 20.6 Å². The zero-order chi connectivity index (χ0) is 31.3. The van der Waals surface area contributed by atoms with Crippen molar-refractivity contribution in [2.24, 2.45) is 27.6 Å². The molecule has 1 aliphatic rings. The van der Waals surface area contributed by atoms with Gasteiger partial charge in [-0.05, 0) is 37.0 Å². The summed E-state index contributed by atoms with van der Waals surface area (Å²) in [6, 6.07) is 5.32. The molecule has 1 aromatic heterocycles. The summed E-state index contributed by atoms with van der Waals surface area (Å²) in [4.78, 5) is 43.3. The van der Waals surface area contributed by atoms with Gasteiger partial charge in [0.15, 0.2) is 5.82 Å². The van der Waals surface area contributed by atoms with Crippen LogP contribution >= 0.6 is 11.6 Å². The molecule has 1 saturated heterocycles. The van der Waals surface area contributed by atoms with Gasteiger partial charge in [0.2, 0.25) is 12.8 Å². The van der Waals surface area contributed by atoms with Crippen LogP contribution in [0.1, 0.15) is 40.2 Å². The number of halogens is 2. The van der Waals surface area contributed by atoms with Crippen LogP contribution in [0.3, 0.4) is 0 Å². The molecule has 226 valence electrons. The lowest BCUT2D eigenvalue weighted by Gasteiger charge is -2.40. The van der Waals surface area contributed by atoms with Crippen molar-refractivity contribution in [2.75, 3.05) is 38.6 Å². The van der Waals surface area contributed by atoms with Crippen molar-refractivity contribution in [3.8, 4) is 17.0 Å². The van der Waals surface area contributed by atoms with Gasteiger partial charge in [-0.25, -0.2) is 9.37 Å². The van der Waals surface area contributed by atoms with E-state index >= 15 is 4.39 Å². The van der Waals surface area contributed by atoms with Gasteiger partial charge in [-0.2, -0.15) is 0 Å². The summed E-state index contributed by atoms with van der Waals surface area (Å²) in [7, 11) is 3.23. The van der Waals surface area contributed by atoms with Crippen molar-refractivity contribution < 1.29 is 19.1 Å². The fourth-order valence-electron chi connectivity index (χ4n) is 5.08. The monoisotopic (exact) mass is 599 g/mol. The summed E-state index contributed by atoms with van der Waals surface area (Å²) < 4.78 is 15.1. The molecule has 3 N–H and O–H groups in total. The first-order valence-corrected chi connectivity index (χ1v) is 14.1. The Morgan fingerprint density at radius 3 is 2.38 bits per heavy atom. The van der Waals surface area contributed by atoms with Crippen LogP contribution in [0.2, 0.25) is 5.02 Å². The number of rotatable bonds is 9. The van der Waals surface area contributed by atoms with Crippen LogP contribution in [0.4, 0.5) is 10.2 Å². The summed E-state index contributed by atoms with van der Waals surface area (Å²) in [5.74, 6) is -0.835. The van der Waals surface area contributed by atoms with Crippen LogP contribution in [0, 0.1) is 17.7 Å². The molecule has 0 spiro atoms. The van der Waals surface area contributed by atoms with Gasteiger partial charge in [0.25, 0.3) is 0 Å². The molecule has 1 aromatic carbocycles. The van der Waals surface area contributed by atoms with Crippen LogP contribution in [-0.4, -0.2) is 84.0 Å². The Bertz CT molecular complexity index is 1400. The number of aromatic nitrogens is 1. The summed E-state index contributed by atoms with van der Waals surface area (Å²) >= 11 is 6.75. The number of hydrogen-bond donors (Lipinski definition) is 2. The number of carbonyl (C=O) groups is 2. The molecule has 3 rings (SSSR count). The zero-order valence-corrected chi connectivity index (χ0v) is 25.9. The van der Waals surface area contributed by atoms with Crippen LogP contribution in [0.25, 0.3) is 11.3 Å². The molecule has 1 aliphatic heterocycles. The van der Waals surface area contributed by atoms with Crippen molar-refractivity contribution >= 4 is 41.8 Å². The maximum absolute atomic E-state index is 15.1. The SMILES string of the molecule is CN=C(C(=C(N)C(C)C)N(C=O)c1nc(-c2c(O)cccc2F)c(Cl)cc1C(=NC)N1CCN(C=O)CC1C)C(C)C. The number of allylic oxidation sites excluding steroid dienone is 2. The number of anilines is 1. The van der Waals surface area contributed by atoms with Crippen LogP contribution < -0.4 is 10.6 Å². The van der Waals surface area contributed by atoms with Gasteiger partial charge in [0.05, 0.1) is 33.3 Å². The van der Waals surface area contributed by atoms with E-state index in [0.717, 1.165) is 6.41 Å². The van der Waals surface area contributed by atoms with E-state index in [2.05, 4.69) is 9.98 Å². The van der Waals surface area contributed by atoms with Gasteiger partial charge in [0, 0.05) is 45.5 Å². The van der Waals surface area contributed by atoms with Gasteiger partial charge >= 0.3 is 0 Å². The first-order chi connectivity index (χ1) is 19.9. The number of phenolic OH excluding ortho intramolecular Hbond substituents is 1. The number of aromatic hydroxyl groups is 1. The lowest BCUT2D eigenvalue weighted by atomic mass is 9.97. The second-order valence-electron chi connectivity index (χ2n) is 10.7.